The molecule has 6 heteroatoms. The number of carbonyl (C=O) groups excluding carboxylic acids is 1. The van der Waals surface area contributed by atoms with E-state index >= 15 is 0 Å². The number of aromatic nitrogens is 2. The Kier molecular flexibility index (Phi) is 4.69. The fourth-order valence-electron chi connectivity index (χ4n) is 3.46. The van der Waals surface area contributed by atoms with E-state index in [4.69, 9.17) is 4.42 Å². The van der Waals surface area contributed by atoms with Crippen LogP contribution in [-0.4, -0.2) is 15.5 Å². The van der Waals surface area contributed by atoms with E-state index in [2.05, 4.69) is 10.3 Å². The number of para-hydroxylation sites is 2. The number of fused-ring (bicyclic) bond motifs is 3. The molecule has 1 N–H and O–H groups in total. The second kappa shape index (κ2) is 7.31. The monoisotopic (exact) mass is 375 g/mol. The molecule has 1 amide bonds. The molecule has 2 aromatic heterocycles. The molecule has 0 aliphatic rings. The average Bonchev–Trinajstić information content (AvgIpc) is 3.10. The SMILES string of the molecule is CCc1cccc(CC)c1NC(=O)Cn1cnc2c(oc3ccccc32)c1=O. The van der Waals surface area contributed by atoms with Crippen LogP contribution < -0.4 is 10.9 Å². The van der Waals surface area contributed by atoms with Gasteiger partial charge in [0.05, 0.1) is 6.33 Å². The maximum atomic E-state index is 12.8. The summed E-state index contributed by atoms with van der Waals surface area (Å²) in [5.41, 5.74) is 3.91. The van der Waals surface area contributed by atoms with E-state index in [1.165, 1.54) is 10.9 Å². The van der Waals surface area contributed by atoms with Crippen molar-refractivity contribution in [1.29, 1.82) is 0 Å². The Bertz CT molecular complexity index is 1210. The summed E-state index contributed by atoms with van der Waals surface area (Å²) in [7, 11) is 0. The minimum absolute atomic E-state index is 0.125. The molecule has 0 aliphatic heterocycles. The van der Waals surface area contributed by atoms with Crippen molar-refractivity contribution in [1.82, 2.24) is 9.55 Å². The second-order valence-corrected chi connectivity index (χ2v) is 6.66. The van der Waals surface area contributed by atoms with Crippen LogP contribution in [0.4, 0.5) is 5.69 Å². The molecular weight excluding hydrogens is 354 g/mol. The Morgan fingerprint density at radius 3 is 2.50 bits per heavy atom. The lowest BCUT2D eigenvalue weighted by Crippen LogP contribution is -2.28. The summed E-state index contributed by atoms with van der Waals surface area (Å²) < 4.78 is 6.95. The van der Waals surface area contributed by atoms with Crippen molar-refractivity contribution in [3.05, 3.63) is 70.3 Å². The van der Waals surface area contributed by atoms with Gasteiger partial charge in [0.25, 0.3) is 5.56 Å². The molecule has 0 bridgehead atoms. The van der Waals surface area contributed by atoms with E-state index in [0.717, 1.165) is 35.0 Å². The quantitative estimate of drug-likeness (QED) is 0.574. The smallest absolute Gasteiger partial charge is 0.297 e. The van der Waals surface area contributed by atoms with E-state index in [1.54, 1.807) is 6.07 Å². The van der Waals surface area contributed by atoms with Crippen LogP contribution in [0, 0.1) is 0 Å². The van der Waals surface area contributed by atoms with Crippen molar-refractivity contribution in [2.45, 2.75) is 33.2 Å². The average molecular weight is 375 g/mol. The predicted octanol–water partition coefficient (Wildman–Crippen LogP) is 3.91. The fraction of sp³-hybridized carbons (Fsp3) is 0.227. The number of nitrogens with zero attached hydrogens (tertiary/aromatic N) is 2. The van der Waals surface area contributed by atoms with Gasteiger partial charge in [-0.1, -0.05) is 44.2 Å². The topological polar surface area (TPSA) is 77.1 Å². The van der Waals surface area contributed by atoms with Crippen LogP contribution in [0.3, 0.4) is 0 Å². The Labute approximate surface area is 161 Å². The first kappa shape index (κ1) is 18.0. The molecule has 0 saturated carbocycles. The number of anilines is 1. The Balaban J connectivity index is 1.65. The van der Waals surface area contributed by atoms with Gasteiger partial charge in [0, 0.05) is 11.1 Å². The first-order chi connectivity index (χ1) is 13.6. The van der Waals surface area contributed by atoms with Gasteiger partial charge in [0.1, 0.15) is 17.6 Å². The van der Waals surface area contributed by atoms with Crippen LogP contribution in [0.2, 0.25) is 0 Å². The van der Waals surface area contributed by atoms with Gasteiger partial charge in [0.2, 0.25) is 11.5 Å². The highest BCUT2D eigenvalue weighted by atomic mass is 16.3. The number of hydrogen-bond acceptors (Lipinski definition) is 4. The molecule has 0 aliphatic carbocycles. The van der Waals surface area contributed by atoms with Crippen molar-refractivity contribution in [3.63, 3.8) is 0 Å². The maximum absolute atomic E-state index is 12.8. The van der Waals surface area contributed by atoms with E-state index < -0.39 is 0 Å². The molecule has 0 spiro atoms. The number of carbonyl (C=O) groups is 1. The molecule has 0 saturated heterocycles. The molecule has 0 atom stereocenters. The molecule has 28 heavy (non-hydrogen) atoms. The van der Waals surface area contributed by atoms with Crippen LogP contribution in [0.15, 0.2) is 58.0 Å². The molecule has 2 aromatic carbocycles. The summed E-state index contributed by atoms with van der Waals surface area (Å²) >= 11 is 0. The van der Waals surface area contributed by atoms with Gasteiger partial charge in [-0.15, -0.1) is 0 Å². The summed E-state index contributed by atoms with van der Waals surface area (Å²) in [6, 6.07) is 13.4. The van der Waals surface area contributed by atoms with Crippen molar-refractivity contribution in [2.75, 3.05) is 5.32 Å². The van der Waals surface area contributed by atoms with Gasteiger partial charge in [0.15, 0.2) is 0 Å². The number of nitrogens with one attached hydrogen (secondary N) is 1. The standard InChI is InChI=1S/C22H21N3O3/c1-3-14-8-7-9-15(4-2)19(14)24-18(26)12-25-13-23-20-16-10-5-6-11-17(16)28-21(20)22(25)27/h5-11,13H,3-4,12H2,1-2H3,(H,24,26). The zero-order valence-electron chi connectivity index (χ0n) is 15.9. The first-order valence-electron chi connectivity index (χ1n) is 9.39. The number of rotatable bonds is 5. The third-order valence-electron chi connectivity index (χ3n) is 4.93. The van der Waals surface area contributed by atoms with Gasteiger partial charge < -0.3 is 9.73 Å². The molecule has 0 unspecified atom stereocenters. The van der Waals surface area contributed by atoms with Gasteiger partial charge in [-0.2, -0.15) is 0 Å². The second-order valence-electron chi connectivity index (χ2n) is 6.66. The number of aryl methyl sites for hydroxylation is 2. The molecule has 0 radical (unpaired) electrons. The normalized spacial score (nSPS) is 11.2. The predicted molar refractivity (Wildman–Crippen MR) is 110 cm³/mol. The van der Waals surface area contributed by atoms with Gasteiger partial charge in [-0.25, -0.2) is 4.98 Å². The highest BCUT2D eigenvalue weighted by molar-refractivity contribution is 6.01. The summed E-state index contributed by atoms with van der Waals surface area (Å²) in [5, 5.41) is 3.76. The lowest BCUT2D eigenvalue weighted by Gasteiger charge is -2.14. The summed E-state index contributed by atoms with van der Waals surface area (Å²) in [6.07, 6.45) is 3.03. The molecule has 4 aromatic rings. The number of amides is 1. The van der Waals surface area contributed by atoms with Gasteiger partial charge in [-0.3, -0.25) is 14.2 Å². The molecular formula is C22H21N3O3. The van der Waals surface area contributed by atoms with Gasteiger partial charge >= 0.3 is 0 Å². The van der Waals surface area contributed by atoms with Crippen LogP contribution in [0.1, 0.15) is 25.0 Å². The number of hydrogen-bond donors (Lipinski definition) is 1. The van der Waals surface area contributed by atoms with Crippen molar-refractivity contribution < 1.29 is 9.21 Å². The van der Waals surface area contributed by atoms with Crippen LogP contribution in [0.25, 0.3) is 22.1 Å². The van der Waals surface area contributed by atoms with E-state index in [0.29, 0.717) is 11.1 Å². The number of benzene rings is 2. The van der Waals surface area contributed by atoms with E-state index in [-0.39, 0.29) is 23.6 Å². The number of furan rings is 1. The highest BCUT2D eigenvalue weighted by Crippen LogP contribution is 2.24. The maximum Gasteiger partial charge on any atom is 0.297 e. The Morgan fingerprint density at radius 2 is 1.79 bits per heavy atom. The summed E-state index contributed by atoms with van der Waals surface area (Å²) in [4.78, 5) is 29.8. The minimum Gasteiger partial charge on any atom is -0.448 e. The lowest BCUT2D eigenvalue weighted by molar-refractivity contribution is -0.116. The Morgan fingerprint density at radius 1 is 1.07 bits per heavy atom. The molecule has 2 heterocycles. The van der Waals surface area contributed by atoms with Crippen LogP contribution >= 0.6 is 0 Å². The highest BCUT2D eigenvalue weighted by Gasteiger charge is 2.16. The zero-order chi connectivity index (χ0) is 19.7. The molecule has 4 rings (SSSR count). The third-order valence-corrected chi connectivity index (χ3v) is 4.93. The summed E-state index contributed by atoms with van der Waals surface area (Å²) in [6.45, 7) is 3.97. The van der Waals surface area contributed by atoms with E-state index in [9.17, 15) is 9.59 Å². The third kappa shape index (κ3) is 3.07. The minimum atomic E-state index is -0.365. The zero-order valence-corrected chi connectivity index (χ0v) is 15.9. The van der Waals surface area contributed by atoms with Gasteiger partial charge in [-0.05, 0) is 36.1 Å². The first-order valence-corrected chi connectivity index (χ1v) is 9.39. The summed E-state index contributed by atoms with van der Waals surface area (Å²) in [5.74, 6) is -0.269. The van der Waals surface area contributed by atoms with Crippen LogP contribution in [-0.2, 0) is 24.2 Å². The van der Waals surface area contributed by atoms with E-state index in [1.807, 2.05) is 50.2 Å². The largest absolute Gasteiger partial charge is 0.448 e. The Hall–Kier alpha value is -3.41. The fourth-order valence-corrected chi connectivity index (χ4v) is 3.46. The van der Waals surface area contributed by atoms with Crippen molar-refractivity contribution in [2.24, 2.45) is 0 Å². The molecule has 142 valence electrons. The molecule has 6 nitrogen and oxygen atoms in total. The molecule has 0 fully saturated rings. The van der Waals surface area contributed by atoms with Crippen molar-refractivity contribution >= 4 is 33.7 Å². The van der Waals surface area contributed by atoms with Crippen molar-refractivity contribution in [3.8, 4) is 0 Å². The van der Waals surface area contributed by atoms with Crippen LogP contribution in [0.5, 0.6) is 0 Å². The lowest BCUT2D eigenvalue weighted by atomic mass is 10.0.